The Morgan fingerprint density at radius 2 is 2.20 bits per heavy atom. The maximum atomic E-state index is 11.6. The molecule has 0 atom stereocenters. The minimum absolute atomic E-state index is 0.374. The lowest BCUT2D eigenvalue weighted by molar-refractivity contribution is 0.559. The van der Waals surface area contributed by atoms with Gasteiger partial charge in [-0.1, -0.05) is 23.4 Å². The summed E-state index contributed by atoms with van der Waals surface area (Å²) in [5.41, 5.74) is 7.64. The van der Waals surface area contributed by atoms with Gasteiger partial charge in [0.15, 0.2) is 5.17 Å². The first-order valence-corrected chi connectivity index (χ1v) is 7.53. The Bertz CT molecular complexity index is 725. The van der Waals surface area contributed by atoms with Crippen LogP contribution in [0.25, 0.3) is 11.0 Å². The molecule has 0 saturated carbocycles. The Morgan fingerprint density at radius 3 is 2.90 bits per heavy atom. The van der Waals surface area contributed by atoms with E-state index in [9.17, 15) is 4.79 Å². The zero-order valence-corrected chi connectivity index (χ0v) is 12.8. The van der Waals surface area contributed by atoms with Crippen LogP contribution in [0.4, 0.5) is 0 Å². The Morgan fingerprint density at radius 1 is 1.45 bits per heavy atom. The van der Waals surface area contributed by atoms with Crippen molar-refractivity contribution >= 4 is 39.5 Å². The van der Waals surface area contributed by atoms with Crippen LogP contribution in [0.15, 0.2) is 32.4 Å². The summed E-state index contributed by atoms with van der Waals surface area (Å²) in [7, 11) is 0. The third kappa shape index (κ3) is 3.35. The average molecular weight is 311 g/mol. The second-order valence-electron chi connectivity index (χ2n) is 4.29. The van der Waals surface area contributed by atoms with Gasteiger partial charge < -0.3 is 10.2 Å². The molecule has 0 aliphatic heterocycles. The highest BCUT2D eigenvalue weighted by Gasteiger charge is 2.09. The number of thioether (sulfide) groups is 1. The fraction of sp³-hybridized carbons (Fsp3) is 0.286. The normalized spacial score (nSPS) is 12.1. The van der Waals surface area contributed by atoms with Gasteiger partial charge in [0.1, 0.15) is 5.58 Å². The standard InChI is InChI=1S/C14H15ClN2O2S/c1-3-17-14(16)20-7-9-5-13(18)19-12-4-8(2)11(15)6-10(9)12/h4-6H,3,7H2,1-2H3,(H2,16,17). The highest BCUT2D eigenvalue weighted by molar-refractivity contribution is 8.13. The fourth-order valence-electron chi connectivity index (χ4n) is 1.82. The average Bonchev–Trinajstić information content (AvgIpc) is 2.38. The van der Waals surface area contributed by atoms with E-state index in [1.54, 1.807) is 6.07 Å². The molecule has 0 aliphatic carbocycles. The van der Waals surface area contributed by atoms with Gasteiger partial charge in [0.05, 0.1) is 0 Å². The summed E-state index contributed by atoms with van der Waals surface area (Å²) in [5.74, 6) is 0.552. The predicted octanol–water partition coefficient (Wildman–Crippen LogP) is 3.32. The number of fused-ring (bicyclic) bond motifs is 1. The summed E-state index contributed by atoms with van der Waals surface area (Å²) in [6.07, 6.45) is 0. The molecular formula is C14H15ClN2O2S. The summed E-state index contributed by atoms with van der Waals surface area (Å²) < 4.78 is 5.21. The number of nitrogens with two attached hydrogens (primary N) is 1. The van der Waals surface area contributed by atoms with E-state index in [2.05, 4.69) is 4.99 Å². The van der Waals surface area contributed by atoms with Gasteiger partial charge in [0.25, 0.3) is 0 Å². The number of hydrogen-bond acceptors (Lipinski definition) is 4. The van der Waals surface area contributed by atoms with Crippen LogP contribution < -0.4 is 11.4 Å². The molecule has 0 aliphatic rings. The van der Waals surface area contributed by atoms with Crippen molar-refractivity contribution in [1.29, 1.82) is 0 Å². The zero-order valence-electron chi connectivity index (χ0n) is 11.3. The van der Waals surface area contributed by atoms with Gasteiger partial charge >= 0.3 is 5.63 Å². The molecule has 1 heterocycles. The molecule has 1 aromatic heterocycles. The van der Waals surface area contributed by atoms with Crippen LogP contribution >= 0.6 is 23.4 Å². The quantitative estimate of drug-likeness (QED) is 0.536. The molecule has 2 rings (SSSR count). The van der Waals surface area contributed by atoms with E-state index in [0.29, 0.717) is 28.1 Å². The minimum atomic E-state index is -0.374. The predicted molar refractivity (Wildman–Crippen MR) is 85.7 cm³/mol. The molecule has 0 bridgehead atoms. The summed E-state index contributed by atoms with van der Waals surface area (Å²) in [6.45, 7) is 4.43. The maximum absolute atomic E-state index is 11.6. The number of benzene rings is 1. The van der Waals surface area contributed by atoms with Crippen molar-refractivity contribution in [1.82, 2.24) is 0 Å². The summed E-state index contributed by atoms with van der Waals surface area (Å²) in [4.78, 5) is 15.7. The first kappa shape index (κ1) is 14.9. The van der Waals surface area contributed by atoms with Crippen LogP contribution in [0.3, 0.4) is 0 Å². The van der Waals surface area contributed by atoms with E-state index in [1.807, 2.05) is 19.9 Å². The van der Waals surface area contributed by atoms with Gasteiger partial charge in [-0.3, -0.25) is 4.99 Å². The minimum Gasteiger partial charge on any atom is -0.423 e. The van der Waals surface area contributed by atoms with Gasteiger partial charge in [0, 0.05) is 28.8 Å². The van der Waals surface area contributed by atoms with Crippen LogP contribution in [0.5, 0.6) is 0 Å². The molecule has 6 heteroatoms. The topological polar surface area (TPSA) is 68.6 Å². The number of aliphatic imine (C=N–C) groups is 1. The molecule has 0 unspecified atom stereocenters. The van der Waals surface area contributed by atoms with Crippen molar-refractivity contribution in [2.75, 3.05) is 6.54 Å². The van der Waals surface area contributed by atoms with E-state index < -0.39 is 0 Å². The molecule has 106 valence electrons. The van der Waals surface area contributed by atoms with Crippen LogP contribution in [0.1, 0.15) is 18.1 Å². The first-order valence-electron chi connectivity index (χ1n) is 6.17. The number of aryl methyl sites for hydroxylation is 1. The monoisotopic (exact) mass is 310 g/mol. The Labute approximate surface area is 126 Å². The molecule has 0 amide bonds. The largest absolute Gasteiger partial charge is 0.423 e. The second kappa shape index (κ2) is 6.33. The van der Waals surface area contributed by atoms with Gasteiger partial charge in [-0.15, -0.1) is 0 Å². The molecule has 0 radical (unpaired) electrons. The first-order chi connectivity index (χ1) is 9.51. The van der Waals surface area contributed by atoms with Crippen molar-refractivity contribution < 1.29 is 4.42 Å². The molecular weight excluding hydrogens is 296 g/mol. The lowest BCUT2D eigenvalue weighted by atomic mass is 10.1. The molecule has 2 aromatic rings. The molecule has 4 nitrogen and oxygen atoms in total. The van der Waals surface area contributed by atoms with Gasteiger partial charge in [-0.25, -0.2) is 4.79 Å². The summed E-state index contributed by atoms with van der Waals surface area (Å²) >= 11 is 7.53. The molecule has 1 aromatic carbocycles. The lowest BCUT2D eigenvalue weighted by Gasteiger charge is -2.07. The molecule has 20 heavy (non-hydrogen) atoms. The highest BCUT2D eigenvalue weighted by Crippen LogP contribution is 2.27. The van der Waals surface area contributed by atoms with E-state index in [-0.39, 0.29) is 5.63 Å². The smallest absolute Gasteiger partial charge is 0.336 e. The van der Waals surface area contributed by atoms with Gasteiger partial charge in [-0.2, -0.15) is 0 Å². The van der Waals surface area contributed by atoms with Gasteiger partial charge in [-0.05, 0) is 37.1 Å². The molecule has 2 N–H and O–H groups in total. The van der Waals surface area contributed by atoms with Crippen LogP contribution in [-0.2, 0) is 5.75 Å². The van der Waals surface area contributed by atoms with Crippen molar-refractivity contribution in [3.05, 3.63) is 44.8 Å². The number of hydrogen-bond donors (Lipinski definition) is 1. The van der Waals surface area contributed by atoms with E-state index >= 15 is 0 Å². The Balaban J connectivity index is 2.44. The van der Waals surface area contributed by atoms with Crippen LogP contribution in [0.2, 0.25) is 5.02 Å². The van der Waals surface area contributed by atoms with Crippen molar-refractivity contribution in [2.24, 2.45) is 10.7 Å². The number of amidine groups is 1. The van der Waals surface area contributed by atoms with Crippen LogP contribution in [-0.4, -0.2) is 11.7 Å². The lowest BCUT2D eigenvalue weighted by Crippen LogP contribution is -2.08. The number of rotatable bonds is 3. The van der Waals surface area contributed by atoms with Gasteiger partial charge in [0.2, 0.25) is 0 Å². The zero-order chi connectivity index (χ0) is 14.7. The summed E-state index contributed by atoms with van der Waals surface area (Å²) in [6, 6.07) is 5.06. The third-order valence-electron chi connectivity index (χ3n) is 2.80. The van der Waals surface area contributed by atoms with E-state index in [4.69, 9.17) is 21.8 Å². The SMILES string of the molecule is CCN=C(N)SCc1cc(=O)oc2cc(C)c(Cl)cc12. The highest BCUT2D eigenvalue weighted by atomic mass is 35.5. The summed E-state index contributed by atoms with van der Waals surface area (Å²) in [5, 5.41) is 1.98. The third-order valence-corrected chi connectivity index (χ3v) is 4.09. The number of halogens is 1. The molecule has 0 saturated heterocycles. The number of nitrogens with zero attached hydrogens (tertiary/aromatic N) is 1. The second-order valence-corrected chi connectivity index (χ2v) is 5.69. The molecule has 0 spiro atoms. The maximum Gasteiger partial charge on any atom is 0.336 e. The Kier molecular flexibility index (Phi) is 4.73. The van der Waals surface area contributed by atoms with E-state index in [1.165, 1.54) is 17.8 Å². The van der Waals surface area contributed by atoms with Crippen molar-refractivity contribution in [3.63, 3.8) is 0 Å². The Hall–Kier alpha value is -1.46. The van der Waals surface area contributed by atoms with E-state index in [0.717, 1.165) is 16.5 Å². The van der Waals surface area contributed by atoms with Crippen molar-refractivity contribution in [3.8, 4) is 0 Å². The fourth-order valence-corrected chi connectivity index (χ4v) is 2.75. The van der Waals surface area contributed by atoms with Crippen LogP contribution in [0, 0.1) is 6.92 Å². The molecule has 0 fully saturated rings. The van der Waals surface area contributed by atoms with Crippen molar-refractivity contribution in [2.45, 2.75) is 19.6 Å².